The summed E-state index contributed by atoms with van der Waals surface area (Å²) in [6, 6.07) is 3.46. The summed E-state index contributed by atoms with van der Waals surface area (Å²) in [5, 5.41) is 9.10. The summed E-state index contributed by atoms with van der Waals surface area (Å²) in [7, 11) is 0. The first-order valence-corrected chi connectivity index (χ1v) is 5.41. The molecule has 0 aliphatic rings. The van der Waals surface area contributed by atoms with Crippen LogP contribution in [0.1, 0.15) is 5.56 Å². The molecule has 1 aromatic carbocycles. The predicted molar refractivity (Wildman–Crippen MR) is 55.2 cm³/mol. The Morgan fingerprint density at radius 1 is 1.00 bits per heavy atom. The molecule has 0 saturated heterocycles. The molecule has 8 heteroatoms. The molecule has 0 aliphatic carbocycles. The second kappa shape index (κ2) is 4.51. The molecule has 18 heavy (non-hydrogen) atoms. The lowest BCUT2D eigenvalue weighted by atomic mass is 9.92. The minimum absolute atomic E-state index is 0.0828. The van der Waals surface area contributed by atoms with E-state index in [0.29, 0.717) is 12.1 Å². The summed E-state index contributed by atoms with van der Waals surface area (Å²) >= 11 is 0.725. The lowest BCUT2D eigenvalue weighted by molar-refractivity contribution is -0.376. The molecule has 0 atom stereocenters. The van der Waals surface area contributed by atoms with Crippen LogP contribution in [-0.4, -0.2) is 23.3 Å². The summed E-state index contributed by atoms with van der Waals surface area (Å²) in [5.74, 6) is 3.28. The fourth-order valence-electron chi connectivity index (χ4n) is 1.30. The van der Waals surface area contributed by atoms with Crippen LogP contribution in [-0.2, 0) is 17.0 Å². The standard InChI is InChI=1S/C10H7F6OS/c1-18-7-4-2-3-6(5-7)8(17,9(11,12)13)10(14,15)16/h2-5,17H,1H2/q+1. The largest absolute Gasteiger partial charge is 0.430 e. The highest BCUT2D eigenvalue weighted by Crippen LogP contribution is 2.50. The van der Waals surface area contributed by atoms with Gasteiger partial charge in [0.05, 0.1) is 0 Å². The number of alkyl halides is 6. The summed E-state index contributed by atoms with van der Waals surface area (Å²) in [4.78, 5) is 0.0828. The summed E-state index contributed by atoms with van der Waals surface area (Å²) in [6.45, 7) is 0. The highest BCUT2D eigenvalue weighted by atomic mass is 32.1. The first kappa shape index (κ1) is 14.9. The van der Waals surface area contributed by atoms with Crippen molar-refractivity contribution in [1.82, 2.24) is 0 Å². The average Bonchev–Trinajstić information content (AvgIpc) is 2.25. The number of rotatable bonds is 2. The van der Waals surface area contributed by atoms with Gasteiger partial charge in [0.2, 0.25) is 16.2 Å². The lowest BCUT2D eigenvalue weighted by Gasteiger charge is -2.32. The van der Waals surface area contributed by atoms with Gasteiger partial charge in [-0.05, 0) is 0 Å². The third kappa shape index (κ3) is 2.35. The molecule has 0 aromatic heterocycles. The number of hydrogen-bond acceptors (Lipinski definition) is 1. The van der Waals surface area contributed by atoms with Crippen LogP contribution in [0.2, 0.25) is 0 Å². The van der Waals surface area contributed by atoms with E-state index in [0.717, 1.165) is 17.4 Å². The smallest absolute Gasteiger partial charge is 0.369 e. The van der Waals surface area contributed by atoms with Crippen LogP contribution in [0.5, 0.6) is 0 Å². The normalized spacial score (nSPS) is 13.5. The van der Waals surface area contributed by atoms with E-state index in [1.165, 1.54) is 6.07 Å². The molecular formula is C10H7F6OS+. The van der Waals surface area contributed by atoms with Crippen molar-refractivity contribution in [2.24, 2.45) is 0 Å². The van der Waals surface area contributed by atoms with Crippen LogP contribution in [0.25, 0.3) is 0 Å². The second-order valence-electron chi connectivity index (χ2n) is 3.38. The minimum Gasteiger partial charge on any atom is -0.369 e. The van der Waals surface area contributed by atoms with Gasteiger partial charge in [-0.25, -0.2) is 0 Å². The van der Waals surface area contributed by atoms with E-state index in [9.17, 15) is 26.3 Å². The SMILES string of the molecule is C=[S+]c1cccc(C(O)(C(F)(F)F)C(F)(F)F)c1. The van der Waals surface area contributed by atoms with Gasteiger partial charge in [-0.3, -0.25) is 0 Å². The summed E-state index contributed by atoms with van der Waals surface area (Å²) < 4.78 is 75.2. The van der Waals surface area contributed by atoms with Crippen molar-refractivity contribution in [2.45, 2.75) is 22.8 Å². The van der Waals surface area contributed by atoms with E-state index in [2.05, 4.69) is 5.87 Å². The van der Waals surface area contributed by atoms with E-state index in [1.807, 2.05) is 0 Å². The first-order chi connectivity index (χ1) is 8.04. The fraction of sp³-hybridized carbons (Fsp3) is 0.300. The van der Waals surface area contributed by atoms with E-state index >= 15 is 0 Å². The number of aliphatic hydroxyl groups is 1. The maximum absolute atomic E-state index is 12.5. The molecule has 0 amide bonds. The first-order valence-electron chi connectivity index (χ1n) is 4.42. The van der Waals surface area contributed by atoms with Gasteiger partial charge in [-0.15, -0.1) is 0 Å². The maximum atomic E-state index is 12.5. The van der Waals surface area contributed by atoms with E-state index in [4.69, 9.17) is 5.11 Å². The summed E-state index contributed by atoms with van der Waals surface area (Å²) in [5.41, 5.74) is -6.16. The van der Waals surface area contributed by atoms with Gasteiger partial charge in [-0.2, -0.15) is 26.3 Å². The molecule has 100 valence electrons. The van der Waals surface area contributed by atoms with E-state index in [1.54, 1.807) is 0 Å². The Morgan fingerprint density at radius 2 is 1.50 bits per heavy atom. The van der Waals surface area contributed by atoms with Gasteiger partial charge in [0, 0.05) is 17.7 Å². The van der Waals surface area contributed by atoms with Crippen molar-refractivity contribution in [2.75, 3.05) is 0 Å². The Bertz CT molecular complexity index is 436. The van der Waals surface area contributed by atoms with Gasteiger partial charge < -0.3 is 5.11 Å². The van der Waals surface area contributed by atoms with Crippen molar-refractivity contribution in [3.8, 4) is 0 Å². The molecule has 0 heterocycles. The molecular weight excluding hydrogens is 282 g/mol. The Morgan fingerprint density at radius 3 is 1.89 bits per heavy atom. The molecule has 0 aliphatic heterocycles. The zero-order valence-corrected chi connectivity index (χ0v) is 9.46. The Kier molecular flexibility index (Phi) is 3.73. The van der Waals surface area contributed by atoms with Gasteiger partial charge in [0.25, 0.3) is 5.60 Å². The van der Waals surface area contributed by atoms with Crippen LogP contribution >= 0.6 is 0 Å². The topological polar surface area (TPSA) is 20.2 Å². The molecule has 0 fully saturated rings. The number of benzene rings is 1. The quantitative estimate of drug-likeness (QED) is 0.504. The molecule has 0 saturated carbocycles. The van der Waals surface area contributed by atoms with Crippen LogP contribution in [0.15, 0.2) is 29.2 Å². The summed E-state index contributed by atoms with van der Waals surface area (Å²) in [6.07, 6.45) is -11.7. The monoisotopic (exact) mass is 289 g/mol. The van der Waals surface area contributed by atoms with E-state index in [-0.39, 0.29) is 4.90 Å². The van der Waals surface area contributed by atoms with Crippen molar-refractivity contribution in [3.05, 3.63) is 29.8 Å². The van der Waals surface area contributed by atoms with Gasteiger partial charge in [-0.1, -0.05) is 12.1 Å². The van der Waals surface area contributed by atoms with Crippen LogP contribution < -0.4 is 0 Å². The van der Waals surface area contributed by atoms with Crippen LogP contribution in [0.4, 0.5) is 26.3 Å². The lowest BCUT2D eigenvalue weighted by Crippen LogP contribution is -2.53. The maximum Gasteiger partial charge on any atom is 0.430 e. The fourth-order valence-corrected chi connectivity index (χ4v) is 1.68. The minimum atomic E-state index is -5.87. The Labute approximate surface area is 102 Å². The Hall–Kier alpha value is -1.15. The molecule has 1 rings (SSSR count). The molecule has 0 unspecified atom stereocenters. The van der Waals surface area contributed by atoms with Gasteiger partial charge in [0.15, 0.2) is 5.87 Å². The highest BCUT2D eigenvalue weighted by Gasteiger charge is 2.71. The molecule has 1 N–H and O–H groups in total. The average molecular weight is 289 g/mol. The number of hydrogen-bond donors (Lipinski definition) is 1. The molecule has 0 bridgehead atoms. The van der Waals surface area contributed by atoms with Crippen molar-refractivity contribution >= 4 is 17.2 Å². The van der Waals surface area contributed by atoms with Crippen molar-refractivity contribution < 1.29 is 31.4 Å². The zero-order chi connectivity index (χ0) is 14.2. The Balaban J connectivity index is 3.50. The van der Waals surface area contributed by atoms with Gasteiger partial charge >= 0.3 is 12.4 Å². The number of halogens is 6. The highest BCUT2D eigenvalue weighted by molar-refractivity contribution is 7.76. The van der Waals surface area contributed by atoms with Crippen LogP contribution in [0.3, 0.4) is 0 Å². The van der Waals surface area contributed by atoms with Crippen LogP contribution in [0, 0.1) is 0 Å². The molecule has 1 nitrogen and oxygen atoms in total. The van der Waals surface area contributed by atoms with Crippen molar-refractivity contribution in [3.63, 3.8) is 0 Å². The third-order valence-electron chi connectivity index (χ3n) is 2.24. The molecule has 0 radical (unpaired) electrons. The van der Waals surface area contributed by atoms with Crippen molar-refractivity contribution in [1.29, 1.82) is 0 Å². The second-order valence-corrected chi connectivity index (χ2v) is 4.14. The predicted octanol–water partition coefficient (Wildman–Crippen LogP) is 2.87. The van der Waals surface area contributed by atoms with Gasteiger partial charge in [0.1, 0.15) is 0 Å². The molecule has 0 spiro atoms. The van der Waals surface area contributed by atoms with E-state index < -0.39 is 23.5 Å². The zero-order valence-electron chi connectivity index (χ0n) is 8.64. The molecule has 1 aromatic rings. The third-order valence-corrected chi connectivity index (χ3v) is 2.83.